The number of rotatable bonds is 4. The molecule has 19 heavy (non-hydrogen) atoms. The van der Waals surface area contributed by atoms with E-state index in [0.29, 0.717) is 23.4 Å². The zero-order valence-electron chi connectivity index (χ0n) is 10.8. The third-order valence-corrected chi connectivity index (χ3v) is 2.86. The molecular weight excluding hydrogens is 248 g/mol. The summed E-state index contributed by atoms with van der Waals surface area (Å²) in [6.45, 7) is 0.616. The first-order chi connectivity index (χ1) is 9.15. The van der Waals surface area contributed by atoms with Gasteiger partial charge in [-0.05, 0) is 42.9 Å². The van der Waals surface area contributed by atoms with Crippen molar-refractivity contribution >= 4 is 0 Å². The van der Waals surface area contributed by atoms with Gasteiger partial charge in [-0.1, -0.05) is 6.07 Å². The van der Waals surface area contributed by atoms with Gasteiger partial charge in [-0.3, -0.25) is 0 Å². The average molecular weight is 263 g/mol. The van der Waals surface area contributed by atoms with Crippen LogP contribution in [0.15, 0.2) is 36.4 Å². The largest absolute Gasteiger partial charge is 0.496 e. The first kappa shape index (κ1) is 13.5. The molecule has 0 amide bonds. The highest BCUT2D eigenvalue weighted by Gasteiger charge is 2.12. The van der Waals surface area contributed by atoms with Gasteiger partial charge in [-0.2, -0.15) is 0 Å². The number of hydrogen-bond donors (Lipinski definition) is 1. The molecule has 0 aromatic heterocycles. The van der Waals surface area contributed by atoms with E-state index in [1.165, 1.54) is 31.4 Å². The Hall–Kier alpha value is -1.94. The van der Waals surface area contributed by atoms with Crippen LogP contribution in [0.3, 0.4) is 0 Å². The third kappa shape index (κ3) is 2.90. The van der Waals surface area contributed by atoms with Crippen molar-refractivity contribution in [2.24, 2.45) is 0 Å². The molecule has 1 N–H and O–H groups in total. The molecule has 2 nitrogen and oxygen atoms in total. The standard InChI is InChI=1S/C15H15F2NO/c1-18-9-10-3-5-14(17)12(7-10)13-8-11(16)4-6-15(13)19-2/h3-8,18H,9H2,1-2H3. The van der Waals surface area contributed by atoms with Crippen molar-refractivity contribution in [3.05, 3.63) is 53.6 Å². The molecule has 0 radical (unpaired) electrons. The summed E-state index contributed by atoms with van der Waals surface area (Å²) in [6.07, 6.45) is 0. The molecule has 0 aliphatic heterocycles. The smallest absolute Gasteiger partial charge is 0.131 e. The van der Waals surface area contributed by atoms with Crippen molar-refractivity contribution in [1.29, 1.82) is 0 Å². The zero-order chi connectivity index (χ0) is 13.8. The van der Waals surface area contributed by atoms with E-state index in [1.54, 1.807) is 12.1 Å². The lowest BCUT2D eigenvalue weighted by atomic mass is 10.0. The number of methoxy groups -OCH3 is 1. The molecule has 0 unspecified atom stereocenters. The zero-order valence-corrected chi connectivity index (χ0v) is 10.8. The quantitative estimate of drug-likeness (QED) is 0.913. The Bertz CT molecular complexity index is 584. The fourth-order valence-corrected chi connectivity index (χ4v) is 1.98. The first-order valence-electron chi connectivity index (χ1n) is 5.92. The maximum absolute atomic E-state index is 13.9. The van der Waals surface area contributed by atoms with Crippen molar-refractivity contribution in [3.8, 4) is 16.9 Å². The van der Waals surface area contributed by atoms with E-state index in [-0.39, 0.29) is 0 Å². The highest BCUT2D eigenvalue weighted by molar-refractivity contribution is 5.71. The van der Waals surface area contributed by atoms with Crippen LogP contribution < -0.4 is 10.1 Å². The van der Waals surface area contributed by atoms with Gasteiger partial charge in [-0.15, -0.1) is 0 Å². The van der Waals surface area contributed by atoms with Crippen LogP contribution in [0.25, 0.3) is 11.1 Å². The van der Waals surface area contributed by atoms with Crippen LogP contribution in [-0.4, -0.2) is 14.2 Å². The van der Waals surface area contributed by atoms with Gasteiger partial charge in [-0.25, -0.2) is 8.78 Å². The van der Waals surface area contributed by atoms with Gasteiger partial charge >= 0.3 is 0 Å². The summed E-state index contributed by atoms with van der Waals surface area (Å²) in [4.78, 5) is 0. The topological polar surface area (TPSA) is 21.3 Å². The number of nitrogens with one attached hydrogen (secondary N) is 1. The van der Waals surface area contributed by atoms with Crippen molar-refractivity contribution in [2.45, 2.75) is 6.54 Å². The van der Waals surface area contributed by atoms with E-state index in [9.17, 15) is 8.78 Å². The van der Waals surface area contributed by atoms with Crippen molar-refractivity contribution in [3.63, 3.8) is 0 Å². The Morgan fingerprint density at radius 2 is 1.84 bits per heavy atom. The predicted molar refractivity (Wildman–Crippen MR) is 71.1 cm³/mol. The highest BCUT2D eigenvalue weighted by Crippen LogP contribution is 2.33. The van der Waals surface area contributed by atoms with E-state index in [2.05, 4.69) is 5.32 Å². The number of halogens is 2. The highest BCUT2D eigenvalue weighted by atomic mass is 19.1. The SMILES string of the molecule is CNCc1ccc(F)c(-c2cc(F)ccc2OC)c1. The van der Waals surface area contributed by atoms with Gasteiger partial charge in [0.2, 0.25) is 0 Å². The molecule has 0 saturated heterocycles. The van der Waals surface area contributed by atoms with Crippen molar-refractivity contribution in [1.82, 2.24) is 5.32 Å². The lowest BCUT2D eigenvalue weighted by Crippen LogP contribution is -2.05. The van der Waals surface area contributed by atoms with Gasteiger partial charge in [0.15, 0.2) is 0 Å². The normalized spacial score (nSPS) is 10.5. The fourth-order valence-electron chi connectivity index (χ4n) is 1.98. The first-order valence-corrected chi connectivity index (χ1v) is 5.92. The van der Waals surface area contributed by atoms with Crippen molar-refractivity contribution in [2.75, 3.05) is 14.2 Å². The summed E-state index contributed by atoms with van der Waals surface area (Å²) < 4.78 is 32.5. The Balaban J connectivity index is 2.56. The second kappa shape index (κ2) is 5.80. The van der Waals surface area contributed by atoms with Crippen LogP contribution in [0, 0.1) is 11.6 Å². The maximum atomic E-state index is 13.9. The minimum atomic E-state index is -0.422. The van der Waals surface area contributed by atoms with E-state index in [0.717, 1.165) is 5.56 Å². The molecule has 0 spiro atoms. The van der Waals surface area contributed by atoms with Gasteiger partial charge in [0.05, 0.1) is 7.11 Å². The van der Waals surface area contributed by atoms with Gasteiger partial charge in [0.25, 0.3) is 0 Å². The summed E-state index contributed by atoms with van der Waals surface area (Å²) in [5.74, 6) is -0.375. The van der Waals surface area contributed by atoms with Crippen LogP contribution in [-0.2, 0) is 6.54 Å². The maximum Gasteiger partial charge on any atom is 0.131 e. The number of benzene rings is 2. The van der Waals surface area contributed by atoms with Crippen LogP contribution >= 0.6 is 0 Å². The van der Waals surface area contributed by atoms with Crippen LogP contribution in [0.4, 0.5) is 8.78 Å². The summed E-state index contributed by atoms with van der Waals surface area (Å²) in [6, 6.07) is 8.84. The summed E-state index contributed by atoms with van der Waals surface area (Å²) in [7, 11) is 3.29. The lowest BCUT2D eigenvalue weighted by molar-refractivity contribution is 0.415. The van der Waals surface area contributed by atoms with E-state index < -0.39 is 11.6 Å². The van der Waals surface area contributed by atoms with Gasteiger partial charge in [0.1, 0.15) is 17.4 Å². The second-order valence-corrected chi connectivity index (χ2v) is 4.19. The van der Waals surface area contributed by atoms with E-state index in [4.69, 9.17) is 4.74 Å². The van der Waals surface area contributed by atoms with Crippen LogP contribution in [0.2, 0.25) is 0 Å². The summed E-state index contributed by atoms with van der Waals surface area (Å²) in [5, 5.41) is 2.99. The molecule has 100 valence electrons. The Kier molecular flexibility index (Phi) is 4.12. The lowest BCUT2D eigenvalue weighted by Gasteiger charge is -2.11. The third-order valence-electron chi connectivity index (χ3n) is 2.86. The molecular formula is C15H15F2NO. The summed E-state index contributed by atoms with van der Waals surface area (Å²) >= 11 is 0. The number of ether oxygens (including phenoxy) is 1. The molecule has 0 aliphatic carbocycles. The molecule has 0 bridgehead atoms. The summed E-state index contributed by atoms with van der Waals surface area (Å²) in [5.41, 5.74) is 1.67. The fraction of sp³-hybridized carbons (Fsp3) is 0.200. The Morgan fingerprint density at radius 3 is 2.53 bits per heavy atom. The predicted octanol–water partition coefficient (Wildman–Crippen LogP) is 3.36. The molecule has 4 heteroatoms. The molecule has 2 aromatic carbocycles. The Labute approximate surface area is 111 Å². The molecule has 0 fully saturated rings. The second-order valence-electron chi connectivity index (χ2n) is 4.19. The molecule has 2 rings (SSSR count). The van der Waals surface area contributed by atoms with Crippen molar-refractivity contribution < 1.29 is 13.5 Å². The molecule has 0 aliphatic rings. The van der Waals surface area contributed by atoms with Crippen LogP contribution in [0.5, 0.6) is 5.75 Å². The van der Waals surface area contributed by atoms with E-state index in [1.807, 2.05) is 7.05 Å². The molecule has 0 atom stereocenters. The minimum Gasteiger partial charge on any atom is -0.496 e. The molecule has 0 saturated carbocycles. The van der Waals surface area contributed by atoms with Gasteiger partial charge in [0, 0.05) is 17.7 Å². The Morgan fingerprint density at radius 1 is 1.05 bits per heavy atom. The number of hydrogen-bond acceptors (Lipinski definition) is 2. The monoisotopic (exact) mass is 263 g/mol. The van der Waals surface area contributed by atoms with Gasteiger partial charge < -0.3 is 10.1 Å². The molecule has 2 aromatic rings. The minimum absolute atomic E-state index is 0.337. The average Bonchev–Trinajstić information content (AvgIpc) is 2.41. The molecule has 0 heterocycles. The van der Waals surface area contributed by atoms with E-state index >= 15 is 0 Å². The van der Waals surface area contributed by atoms with Crippen LogP contribution in [0.1, 0.15) is 5.56 Å².